The molecule has 4 nitrogen and oxygen atoms in total. The zero-order chi connectivity index (χ0) is 9.80. The second kappa shape index (κ2) is 5.07. The van der Waals surface area contributed by atoms with Gasteiger partial charge < -0.3 is 14.6 Å². The van der Waals surface area contributed by atoms with Gasteiger partial charge in [-0.15, -0.1) is 0 Å². The molecule has 2 aliphatic rings. The van der Waals surface area contributed by atoms with Gasteiger partial charge in [-0.1, -0.05) is 0 Å². The van der Waals surface area contributed by atoms with Crippen molar-refractivity contribution in [2.75, 3.05) is 46.1 Å². The third-order valence-electron chi connectivity index (χ3n) is 3.08. The Morgan fingerprint density at radius 2 is 1.93 bits per heavy atom. The molecule has 0 radical (unpaired) electrons. The molecule has 2 fully saturated rings. The van der Waals surface area contributed by atoms with Gasteiger partial charge in [0.25, 0.3) is 0 Å². The van der Waals surface area contributed by atoms with E-state index < -0.39 is 0 Å². The Morgan fingerprint density at radius 3 is 2.50 bits per heavy atom. The molecule has 2 heterocycles. The number of aliphatic hydroxyl groups excluding tert-OH is 1. The highest BCUT2D eigenvalue weighted by Crippen LogP contribution is 2.19. The average Bonchev–Trinajstić information content (AvgIpc) is 2.53. The van der Waals surface area contributed by atoms with Crippen LogP contribution in [0.3, 0.4) is 0 Å². The number of hydrogen-bond acceptors (Lipinski definition) is 4. The molecule has 0 bridgehead atoms. The number of rotatable bonds is 2. The molecule has 0 spiro atoms. The second-order valence-corrected chi connectivity index (χ2v) is 4.14. The van der Waals surface area contributed by atoms with Crippen LogP contribution in [0, 0.1) is 5.92 Å². The normalized spacial score (nSPS) is 31.9. The van der Waals surface area contributed by atoms with Crippen molar-refractivity contribution in [1.82, 2.24) is 4.90 Å². The van der Waals surface area contributed by atoms with E-state index in [2.05, 4.69) is 4.90 Å². The quantitative estimate of drug-likeness (QED) is 0.667. The van der Waals surface area contributed by atoms with Crippen LogP contribution >= 0.6 is 0 Å². The molecule has 2 aliphatic heterocycles. The van der Waals surface area contributed by atoms with Crippen molar-refractivity contribution in [3.63, 3.8) is 0 Å². The van der Waals surface area contributed by atoms with E-state index in [4.69, 9.17) is 14.6 Å². The van der Waals surface area contributed by atoms with E-state index in [1.165, 1.54) is 0 Å². The summed E-state index contributed by atoms with van der Waals surface area (Å²) < 4.78 is 10.9. The number of likely N-dealkylation sites (tertiary alicyclic amines) is 1. The summed E-state index contributed by atoms with van der Waals surface area (Å²) >= 11 is 0. The van der Waals surface area contributed by atoms with E-state index in [-0.39, 0.29) is 0 Å². The van der Waals surface area contributed by atoms with Gasteiger partial charge in [0.2, 0.25) is 0 Å². The van der Waals surface area contributed by atoms with Gasteiger partial charge >= 0.3 is 0 Å². The van der Waals surface area contributed by atoms with Gasteiger partial charge in [0.1, 0.15) is 0 Å². The third-order valence-corrected chi connectivity index (χ3v) is 3.08. The molecule has 82 valence electrons. The van der Waals surface area contributed by atoms with Crippen molar-refractivity contribution in [3.05, 3.63) is 0 Å². The lowest BCUT2D eigenvalue weighted by Crippen LogP contribution is -2.39. The van der Waals surface area contributed by atoms with Crippen molar-refractivity contribution in [3.8, 4) is 0 Å². The summed E-state index contributed by atoms with van der Waals surface area (Å²) in [6.07, 6.45) is 1.10. The molecule has 1 N–H and O–H groups in total. The van der Waals surface area contributed by atoms with E-state index in [0.29, 0.717) is 31.8 Å². The minimum Gasteiger partial charge on any atom is -0.396 e. The fourth-order valence-corrected chi connectivity index (χ4v) is 2.16. The predicted octanol–water partition coefficient (Wildman–Crippen LogP) is -0.284. The van der Waals surface area contributed by atoms with Crippen molar-refractivity contribution >= 4 is 0 Å². The zero-order valence-electron chi connectivity index (χ0n) is 8.52. The lowest BCUT2D eigenvalue weighted by molar-refractivity contribution is 0.0813. The van der Waals surface area contributed by atoms with Gasteiger partial charge in [0.05, 0.1) is 32.5 Å². The number of aliphatic hydroxyl groups is 1. The molecule has 2 rings (SSSR count). The van der Waals surface area contributed by atoms with E-state index in [9.17, 15) is 0 Å². The van der Waals surface area contributed by atoms with Crippen molar-refractivity contribution in [2.24, 2.45) is 5.92 Å². The average molecular weight is 201 g/mol. The SMILES string of the molecule is OCC1CCN(C2COCCOC2)C1. The molecule has 1 unspecified atom stereocenters. The van der Waals surface area contributed by atoms with Gasteiger partial charge in [-0.25, -0.2) is 0 Å². The van der Waals surface area contributed by atoms with Gasteiger partial charge in [-0.2, -0.15) is 0 Å². The minimum absolute atomic E-state index is 0.310. The highest BCUT2D eigenvalue weighted by atomic mass is 16.5. The first-order valence-corrected chi connectivity index (χ1v) is 5.40. The van der Waals surface area contributed by atoms with Crippen LogP contribution in [0.4, 0.5) is 0 Å². The summed E-state index contributed by atoms with van der Waals surface area (Å²) in [6, 6.07) is 0.397. The maximum atomic E-state index is 9.05. The molecule has 0 saturated carbocycles. The van der Waals surface area contributed by atoms with E-state index in [1.807, 2.05) is 0 Å². The Bertz CT molecular complexity index is 169. The minimum atomic E-state index is 0.310. The molecule has 0 aromatic rings. The van der Waals surface area contributed by atoms with E-state index in [1.54, 1.807) is 0 Å². The van der Waals surface area contributed by atoms with Gasteiger partial charge in [0.15, 0.2) is 0 Å². The fourth-order valence-electron chi connectivity index (χ4n) is 2.16. The van der Waals surface area contributed by atoms with E-state index in [0.717, 1.165) is 32.7 Å². The van der Waals surface area contributed by atoms with Gasteiger partial charge in [-0.05, 0) is 18.9 Å². The smallest absolute Gasteiger partial charge is 0.0701 e. The molecular weight excluding hydrogens is 182 g/mol. The fraction of sp³-hybridized carbons (Fsp3) is 1.00. The summed E-state index contributed by atoms with van der Waals surface area (Å²) in [5.41, 5.74) is 0. The van der Waals surface area contributed by atoms with Crippen LogP contribution < -0.4 is 0 Å². The number of hydrogen-bond donors (Lipinski definition) is 1. The largest absolute Gasteiger partial charge is 0.396 e. The summed E-state index contributed by atoms with van der Waals surface area (Å²) in [6.45, 7) is 5.36. The summed E-state index contributed by atoms with van der Waals surface area (Å²) in [7, 11) is 0. The Labute approximate surface area is 84.8 Å². The van der Waals surface area contributed by atoms with Crippen LogP contribution in [-0.2, 0) is 9.47 Å². The molecule has 4 heteroatoms. The van der Waals surface area contributed by atoms with Crippen LogP contribution in [0.25, 0.3) is 0 Å². The highest BCUT2D eigenvalue weighted by Gasteiger charge is 2.28. The maximum Gasteiger partial charge on any atom is 0.0701 e. The van der Waals surface area contributed by atoms with Crippen LogP contribution in [0.1, 0.15) is 6.42 Å². The van der Waals surface area contributed by atoms with E-state index >= 15 is 0 Å². The Hall–Kier alpha value is -0.160. The molecule has 1 atom stereocenters. The summed E-state index contributed by atoms with van der Waals surface area (Å²) in [5, 5.41) is 9.05. The molecule has 2 saturated heterocycles. The van der Waals surface area contributed by atoms with Crippen LogP contribution in [-0.4, -0.2) is 62.2 Å². The zero-order valence-corrected chi connectivity index (χ0v) is 8.52. The second-order valence-electron chi connectivity index (χ2n) is 4.14. The molecule has 0 aliphatic carbocycles. The third kappa shape index (κ3) is 2.45. The monoisotopic (exact) mass is 201 g/mol. The first kappa shape index (κ1) is 10.4. The van der Waals surface area contributed by atoms with Crippen LogP contribution in [0.15, 0.2) is 0 Å². The van der Waals surface area contributed by atoms with Crippen molar-refractivity contribution in [1.29, 1.82) is 0 Å². The lowest BCUT2D eigenvalue weighted by atomic mass is 10.1. The predicted molar refractivity (Wildman–Crippen MR) is 52.2 cm³/mol. The number of nitrogens with zero attached hydrogens (tertiary/aromatic N) is 1. The summed E-state index contributed by atoms with van der Waals surface area (Å²) in [5.74, 6) is 0.457. The standard InChI is InChI=1S/C10H19NO3/c12-6-9-1-2-11(5-9)10-7-13-3-4-14-8-10/h9-10,12H,1-8H2. The Kier molecular flexibility index (Phi) is 3.75. The highest BCUT2D eigenvalue weighted by molar-refractivity contribution is 4.81. The maximum absolute atomic E-state index is 9.05. The van der Waals surface area contributed by atoms with Crippen molar-refractivity contribution < 1.29 is 14.6 Å². The first-order valence-electron chi connectivity index (χ1n) is 5.40. The topological polar surface area (TPSA) is 41.9 Å². The molecule has 0 aromatic heterocycles. The Balaban J connectivity index is 1.82. The Morgan fingerprint density at radius 1 is 1.21 bits per heavy atom. The van der Waals surface area contributed by atoms with Crippen LogP contribution in [0.5, 0.6) is 0 Å². The molecule has 0 aromatic carbocycles. The van der Waals surface area contributed by atoms with Crippen LogP contribution in [0.2, 0.25) is 0 Å². The van der Waals surface area contributed by atoms with Crippen molar-refractivity contribution in [2.45, 2.75) is 12.5 Å². The lowest BCUT2D eigenvalue weighted by Gasteiger charge is -2.25. The van der Waals surface area contributed by atoms with Gasteiger partial charge in [-0.3, -0.25) is 4.90 Å². The first-order chi connectivity index (χ1) is 6.90. The molecule has 14 heavy (non-hydrogen) atoms. The summed E-state index contributed by atoms with van der Waals surface area (Å²) in [4.78, 5) is 2.38. The molecular formula is C10H19NO3. The number of ether oxygens (including phenoxy) is 2. The molecule has 0 amide bonds. The van der Waals surface area contributed by atoms with Gasteiger partial charge in [0, 0.05) is 13.2 Å².